The van der Waals surface area contributed by atoms with Crippen molar-refractivity contribution in [2.24, 2.45) is 0 Å². The molecule has 4 nitrogen and oxygen atoms in total. The minimum absolute atomic E-state index is 0.0724. The van der Waals surface area contributed by atoms with Gasteiger partial charge in [-0.1, -0.05) is 48.5 Å². The zero-order valence-corrected chi connectivity index (χ0v) is 10.6. The van der Waals surface area contributed by atoms with Crippen LogP contribution in [0, 0.1) is 0 Å². The smallest absolute Gasteiger partial charge is 0.351 e. The van der Waals surface area contributed by atoms with Gasteiger partial charge in [0.1, 0.15) is 18.6 Å². The Morgan fingerprint density at radius 3 is 2.60 bits per heavy atom. The first-order valence-electron chi connectivity index (χ1n) is 6.44. The topological polar surface area (TPSA) is 44.8 Å². The Hall–Kier alpha value is -2.17. The minimum Gasteiger partial charge on any atom is -0.424 e. The van der Waals surface area contributed by atoms with E-state index in [1.165, 1.54) is 0 Å². The van der Waals surface area contributed by atoms with Gasteiger partial charge >= 0.3 is 5.97 Å². The number of rotatable bonds is 1. The molecule has 20 heavy (non-hydrogen) atoms. The lowest BCUT2D eigenvalue weighted by Crippen LogP contribution is -2.46. The molecule has 2 aliphatic heterocycles. The average molecular weight is 268 g/mol. The lowest BCUT2D eigenvalue weighted by molar-refractivity contribution is -0.162. The van der Waals surface area contributed by atoms with E-state index in [2.05, 4.69) is 0 Å². The highest BCUT2D eigenvalue weighted by molar-refractivity contribution is 5.87. The molecule has 0 radical (unpaired) electrons. The Bertz CT molecular complexity index is 667. The Labute approximate surface area is 115 Å². The van der Waals surface area contributed by atoms with Gasteiger partial charge in [-0.3, -0.25) is 0 Å². The van der Waals surface area contributed by atoms with E-state index in [0.29, 0.717) is 5.75 Å². The number of carbonyl (C=O) groups is 1. The maximum absolute atomic E-state index is 12.5. The van der Waals surface area contributed by atoms with E-state index < -0.39 is 17.7 Å². The second-order valence-electron chi connectivity index (χ2n) is 4.84. The average Bonchev–Trinajstić information content (AvgIpc) is 2.95. The Kier molecular flexibility index (Phi) is 2.42. The summed E-state index contributed by atoms with van der Waals surface area (Å²) in [4.78, 5) is 12.5. The van der Waals surface area contributed by atoms with Crippen LogP contribution in [0.3, 0.4) is 0 Å². The van der Waals surface area contributed by atoms with Crippen molar-refractivity contribution in [2.75, 3.05) is 6.79 Å². The van der Waals surface area contributed by atoms with Gasteiger partial charge in [0.15, 0.2) is 0 Å². The maximum Gasteiger partial charge on any atom is 0.351 e. The SMILES string of the molecule is O=C1Oc2ccccc2C2OCOC12c1ccccc1. The predicted octanol–water partition coefficient (Wildman–Crippen LogP) is 2.55. The van der Waals surface area contributed by atoms with E-state index in [0.717, 1.165) is 11.1 Å². The molecule has 1 fully saturated rings. The summed E-state index contributed by atoms with van der Waals surface area (Å²) in [5.74, 6) is 0.115. The van der Waals surface area contributed by atoms with E-state index in [4.69, 9.17) is 14.2 Å². The van der Waals surface area contributed by atoms with Gasteiger partial charge in [-0.05, 0) is 11.6 Å². The largest absolute Gasteiger partial charge is 0.424 e. The van der Waals surface area contributed by atoms with Gasteiger partial charge in [-0.25, -0.2) is 4.79 Å². The molecule has 0 aromatic heterocycles. The number of hydrogen-bond acceptors (Lipinski definition) is 4. The Morgan fingerprint density at radius 2 is 1.75 bits per heavy atom. The first-order chi connectivity index (χ1) is 9.82. The summed E-state index contributed by atoms with van der Waals surface area (Å²) < 4.78 is 16.9. The van der Waals surface area contributed by atoms with Crippen LogP contribution in [0.25, 0.3) is 0 Å². The molecule has 2 aliphatic rings. The molecule has 0 saturated carbocycles. The molecule has 0 spiro atoms. The summed E-state index contributed by atoms with van der Waals surface area (Å²) in [6.07, 6.45) is -0.470. The van der Waals surface area contributed by atoms with Crippen molar-refractivity contribution in [3.63, 3.8) is 0 Å². The molecule has 4 heteroatoms. The summed E-state index contributed by atoms with van der Waals surface area (Å²) in [5.41, 5.74) is 0.394. The van der Waals surface area contributed by atoms with Crippen LogP contribution in [0.15, 0.2) is 54.6 Å². The molecular formula is C16H12O4. The number of esters is 1. The summed E-state index contributed by atoms with van der Waals surface area (Å²) in [5, 5.41) is 0. The van der Waals surface area contributed by atoms with E-state index in [1.807, 2.05) is 48.5 Å². The summed E-state index contributed by atoms with van der Waals surface area (Å²) >= 11 is 0. The van der Waals surface area contributed by atoms with Gasteiger partial charge in [0.05, 0.1) is 0 Å². The molecule has 100 valence electrons. The van der Waals surface area contributed by atoms with E-state index in [1.54, 1.807) is 6.07 Å². The van der Waals surface area contributed by atoms with Crippen molar-refractivity contribution in [1.82, 2.24) is 0 Å². The van der Waals surface area contributed by atoms with Crippen LogP contribution >= 0.6 is 0 Å². The number of benzene rings is 2. The fourth-order valence-electron chi connectivity index (χ4n) is 2.87. The molecule has 1 saturated heterocycles. The zero-order valence-electron chi connectivity index (χ0n) is 10.6. The highest BCUT2D eigenvalue weighted by Gasteiger charge is 2.58. The third kappa shape index (κ3) is 1.40. The molecule has 2 aromatic carbocycles. The first kappa shape index (κ1) is 11.6. The summed E-state index contributed by atoms with van der Waals surface area (Å²) in [6.45, 7) is 0.0724. The highest BCUT2D eigenvalue weighted by atomic mass is 16.7. The molecule has 4 rings (SSSR count). The van der Waals surface area contributed by atoms with Crippen molar-refractivity contribution in [1.29, 1.82) is 0 Å². The van der Waals surface area contributed by atoms with Crippen LogP contribution in [-0.4, -0.2) is 12.8 Å². The monoisotopic (exact) mass is 268 g/mol. The number of fused-ring (bicyclic) bond motifs is 3. The molecule has 2 atom stereocenters. The highest BCUT2D eigenvalue weighted by Crippen LogP contribution is 2.51. The van der Waals surface area contributed by atoms with Gasteiger partial charge in [0.25, 0.3) is 0 Å². The van der Waals surface area contributed by atoms with Crippen molar-refractivity contribution in [3.05, 3.63) is 65.7 Å². The van der Waals surface area contributed by atoms with Crippen LogP contribution < -0.4 is 4.74 Å². The second-order valence-corrected chi connectivity index (χ2v) is 4.84. The Balaban J connectivity index is 1.93. The van der Waals surface area contributed by atoms with Crippen molar-refractivity contribution >= 4 is 5.97 Å². The maximum atomic E-state index is 12.5. The van der Waals surface area contributed by atoms with Crippen molar-refractivity contribution in [3.8, 4) is 5.75 Å². The third-order valence-electron chi connectivity index (χ3n) is 3.80. The van der Waals surface area contributed by atoms with Gasteiger partial charge in [0.2, 0.25) is 5.60 Å². The van der Waals surface area contributed by atoms with E-state index in [9.17, 15) is 4.79 Å². The van der Waals surface area contributed by atoms with Gasteiger partial charge < -0.3 is 14.2 Å². The van der Waals surface area contributed by atoms with E-state index >= 15 is 0 Å². The molecule has 2 unspecified atom stereocenters. The number of carbonyl (C=O) groups excluding carboxylic acids is 1. The number of para-hydroxylation sites is 1. The normalized spacial score (nSPS) is 27.6. The molecule has 0 aliphatic carbocycles. The molecule has 0 N–H and O–H groups in total. The number of hydrogen-bond donors (Lipinski definition) is 0. The lowest BCUT2D eigenvalue weighted by Gasteiger charge is -2.35. The fraction of sp³-hybridized carbons (Fsp3) is 0.188. The van der Waals surface area contributed by atoms with Crippen molar-refractivity contribution < 1.29 is 19.0 Å². The van der Waals surface area contributed by atoms with Gasteiger partial charge in [0, 0.05) is 5.56 Å². The standard InChI is InChI=1S/C16H12O4/c17-15-16(11-6-2-1-3-7-11)14(18-10-19-16)12-8-4-5-9-13(12)20-15/h1-9,14H,10H2. The van der Waals surface area contributed by atoms with Crippen molar-refractivity contribution in [2.45, 2.75) is 11.7 Å². The van der Waals surface area contributed by atoms with Gasteiger partial charge in [-0.15, -0.1) is 0 Å². The summed E-state index contributed by atoms with van der Waals surface area (Å²) in [7, 11) is 0. The molecule has 2 aromatic rings. The molecular weight excluding hydrogens is 256 g/mol. The van der Waals surface area contributed by atoms with Crippen LogP contribution in [-0.2, 0) is 19.9 Å². The number of ether oxygens (including phenoxy) is 3. The minimum atomic E-state index is -1.20. The third-order valence-corrected chi connectivity index (χ3v) is 3.80. The van der Waals surface area contributed by atoms with E-state index in [-0.39, 0.29) is 6.79 Å². The molecule has 0 amide bonds. The Morgan fingerprint density at radius 1 is 1.00 bits per heavy atom. The van der Waals surface area contributed by atoms with Crippen LogP contribution in [0.5, 0.6) is 5.75 Å². The second kappa shape index (κ2) is 4.16. The molecule has 2 heterocycles. The van der Waals surface area contributed by atoms with Crippen LogP contribution in [0.2, 0.25) is 0 Å². The quantitative estimate of drug-likeness (QED) is 0.589. The van der Waals surface area contributed by atoms with Crippen LogP contribution in [0.4, 0.5) is 0 Å². The lowest BCUT2D eigenvalue weighted by atomic mass is 9.82. The predicted molar refractivity (Wildman–Crippen MR) is 70.0 cm³/mol. The zero-order chi connectivity index (χ0) is 13.6. The fourth-order valence-corrected chi connectivity index (χ4v) is 2.87. The summed E-state index contributed by atoms with van der Waals surface area (Å²) in [6, 6.07) is 16.8. The first-order valence-corrected chi connectivity index (χ1v) is 6.44. The van der Waals surface area contributed by atoms with Gasteiger partial charge in [-0.2, -0.15) is 0 Å². The van der Waals surface area contributed by atoms with Crippen LogP contribution in [0.1, 0.15) is 17.2 Å². The molecule has 0 bridgehead atoms.